The monoisotopic (exact) mass is 288 g/mol. The van der Waals surface area contributed by atoms with Gasteiger partial charge in [-0.3, -0.25) is 0 Å². The van der Waals surface area contributed by atoms with Crippen LogP contribution in [0.5, 0.6) is 0 Å². The van der Waals surface area contributed by atoms with Crippen LogP contribution in [0.4, 0.5) is 13.2 Å². The summed E-state index contributed by atoms with van der Waals surface area (Å²) in [5, 5.41) is 0. The summed E-state index contributed by atoms with van der Waals surface area (Å²) in [4.78, 5) is -1.69. The second-order valence-corrected chi connectivity index (χ2v) is 4.25. The van der Waals surface area contributed by atoms with Crippen LogP contribution in [0.3, 0.4) is 0 Å². The molecule has 0 spiro atoms. The molecule has 0 aromatic carbocycles. The summed E-state index contributed by atoms with van der Waals surface area (Å²) < 4.78 is 33.5. The van der Waals surface area contributed by atoms with Crippen molar-refractivity contribution in [3.8, 4) is 0 Å². The maximum absolute atomic E-state index is 11.5. The Morgan fingerprint density at radius 3 is 1.56 bits per heavy atom. The molecule has 9 heavy (non-hydrogen) atoms. The van der Waals surface area contributed by atoms with Crippen LogP contribution < -0.4 is 0 Å². The molecule has 0 fully saturated rings. The predicted octanol–water partition coefficient (Wildman–Crippen LogP) is 3.27. The highest BCUT2D eigenvalue weighted by Gasteiger charge is 2.41. The molecular formula is C3H2Br2ClF3. The first-order chi connectivity index (χ1) is 3.85. The minimum absolute atomic E-state index is 1.11. The quantitative estimate of drug-likeness (QED) is 0.650. The van der Waals surface area contributed by atoms with Gasteiger partial charge in [0.05, 0.1) is 0 Å². The largest absolute Gasteiger partial charge is 0.403 e. The van der Waals surface area contributed by atoms with Crippen LogP contribution in [-0.4, -0.2) is 15.3 Å². The lowest BCUT2D eigenvalue weighted by Gasteiger charge is -2.13. The third-order valence-electron chi connectivity index (χ3n) is 0.534. The van der Waals surface area contributed by atoms with E-state index in [4.69, 9.17) is 11.6 Å². The van der Waals surface area contributed by atoms with Gasteiger partial charge in [-0.1, -0.05) is 31.9 Å². The molecule has 0 N–H and O–H groups in total. The molecule has 0 aromatic rings. The Balaban J connectivity index is 3.88. The topological polar surface area (TPSA) is 0 Å². The van der Waals surface area contributed by atoms with E-state index >= 15 is 0 Å². The van der Waals surface area contributed by atoms with Gasteiger partial charge in [-0.25, -0.2) is 0 Å². The molecule has 0 unspecified atom stereocenters. The van der Waals surface area contributed by atoms with Crippen molar-refractivity contribution in [1.82, 2.24) is 0 Å². The van der Waals surface area contributed by atoms with Crippen molar-refractivity contribution >= 4 is 43.5 Å². The van der Waals surface area contributed by atoms with Crippen molar-refractivity contribution in [3.05, 3.63) is 0 Å². The van der Waals surface area contributed by atoms with Crippen molar-refractivity contribution in [3.63, 3.8) is 0 Å². The highest BCUT2D eigenvalue weighted by atomic mass is 79.9. The molecule has 0 saturated heterocycles. The molecule has 0 aliphatic carbocycles. The van der Waals surface area contributed by atoms with Crippen molar-refractivity contribution < 1.29 is 13.2 Å². The maximum atomic E-state index is 11.5. The first kappa shape index (κ1) is 10.0. The average molecular weight is 290 g/mol. The summed E-state index contributed by atoms with van der Waals surface area (Å²) in [6.45, 7) is 0. The maximum Gasteiger partial charge on any atom is 0.403 e. The lowest BCUT2D eigenvalue weighted by atomic mass is 10.5. The molecule has 56 valence electrons. The number of hydrogen-bond donors (Lipinski definition) is 0. The molecule has 0 bridgehead atoms. The smallest absolute Gasteiger partial charge is 0.170 e. The fraction of sp³-hybridized carbons (Fsp3) is 1.00. The molecular weight excluding hydrogens is 288 g/mol. The molecule has 0 aromatic heterocycles. The van der Waals surface area contributed by atoms with Crippen LogP contribution in [-0.2, 0) is 0 Å². The molecule has 0 rings (SSSR count). The van der Waals surface area contributed by atoms with E-state index < -0.39 is 15.3 Å². The zero-order chi connectivity index (χ0) is 7.65. The standard InChI is InChI=1S/C3H2Br2ClF3/c4-1(2(5)6)3(7,8)9/h1-2H/t1-,2+/m0/s1. The van der Waals surface area contributed by atoms with Gasteiger partial charge in [-0.15, -0.1) is 11.6 Å². The molecule has 0 aliphatic heterocycles. The van der Waals surface area contributed by atoms with E-state index in [-0.39, 0.29) is 0 Å². The van der Waals surface area contributed by atoms with Gasteiger partial charge < -0.3 is 0 Å². The molecule has 0 amide bonds. The van der Waals surface area contributed by atoms with E-state index in [0.29, 0.717) is 0 Å². The summed E-state index contributed by atoms with van der Waals surface area (Å²) in [5.74, 6) is 0. The normalized spacial score (nSPS) is 19.3. The minimum Gasteiger partial charge on any atom is -0.170 e. The zero-order valence-electron chi connectivity index (χ0n) is 3.92. The first-order valence-corrected chi connectivity index (χ1v) is 4.11. The number of rotatable bonds is 1. The summed E-state index contributed by atoms with van der Waals surface area (Å²) in [7, 11) is 0. The second kappa shape index (κ2) is 3.44. The SMILES string of the molecule is FC(F)(F)[C@@H](Br)[C@@H](Cl)Br. The Labute approximate surface area is 72.0 Å². The Hall–Kier alpha value is 1.04. The van der Waals surface area contributed by atoms with Crippen LogP contribution in [0, 0.1) is 0 Å². The van der Waals surface area contributed by atoms with Gasteiger partial charge >= 0.3 is 6.18 Å². The second-order valence-electron chi connectivity index (χ2n) is 1.28. The molecule has 0 radical (unpaired) electrons. The number of halogens is 6. The minimum atomic E-state index is -4.28. The first-order valence-electron chi connectivity index (χ1n) is 1.84. The van der Waals surface area contributed by atoms with E-state index in [2.05, 4.69) is 31.9 Å². The van der Waals surface area contributed by atoms with E-state index in [0.717, 1.165) is 0 Å². The fourth-order valence-electron chi connectivity index (χ4n) is 0.143. The Morgan fingerprint density at radius 2 is 1.56 bits per heavy atom. The molecule has 0 nitrogen and oxygen atoms in total. The van der Waals surface area contributed by atoms with E-state index in [1.54, 1.807) is 0 Å². The third-order valence-corrected chi connectivity index (χ3v) is 3.38. The summed E-state index contributed by atoms with van der Waals surface area (Å²) in [6.07, 6.45) is -4.28. The molecule has 0 heterocycles. The highest BCUT2D eigenvalue weighted by Crippen LogP contribution is 2.33. The van der Waals surface area contributed by atoms with Crippen molar-refractivity contribution in [2.24, 2.45) is 0 Å². The molecule has 0 saturated carbocycles. The number of hydrogen-bond acceptors (Lipinski definition) is 0. The van der Waals surface area contributed by atoms with Crippen LogP contribution in [0.15, 0.2) is 0 Å². The molecule has 0 aliphatic rings. The summed E-state index contributed by atoms with van der Waals surface area (Å²) in [6, 6.07) is 0. The lowest BCUT2D eigenvalue weighted by molar-refractivity contribution is -0.124. The summed E-state index contributed by atoms with van der Waals surface area (Å²) >= 11 is 10.00. The van der Waals surface area contributed by atoms with Crippen LogP contribution in [0.2, 0.25) is 0 Å². The predicted molar refractivity (Wildman–Crippen MR) is 37.3 cm³/mol. The number of alkyl halides is 6. The van der Waals surface area contributed by atoms with Crippen LogP contribution in [0.25, 0.3) is 0 Å². The van der Waals surface area contributed by atoms with Gasteiger partial charge in [0.15, 0.2) is 0 Å². The van der Waals surface area contributed by atoms with Crippen molar-refractivity contribution in [2.75, 3.05) is 0 Å². The Bertz CT molecular complexity index is 91.5. The van der Waals surface area contributed by atoms with Gasteiger partial charge in [0.1, 0.15) is 9.11 Å². The van der Waals surface area contributed by atoms with Gasteiger partial charge in [-0.2, -0.15) is 13.2 Å². The van der Waals surface area contributed by atoms with E-state index in [1.165, 1.54) is 0 Å². The van der Waals surface area contributed by atoms with Gasteiger partial charge in [-0.05, 0) is 0 Å². The molecule has 6 heteroatoms. The zero-order valence-corrected chi connectivity index (χ0v) is 7.85. The third kappa shape index (κ3) is 3.68. The summed E-state index contributed by atoms with van der Waals surface area (Å²) in [5.41, 5.74) is 0. The van der Waals surface area contributed by atoms with Crippen LogP contribution in [0.1, 0.15) is 0 Å². The van der Waals surface area contributed by atoms with Gasteiger partial charge in [0.25, 0.3) is 0 Å². The fourth-order valence-corrected chi connectivity index (χ4v) is 0.585. The van der Waals surface area contributed by atoms with Crippen molar-refractivity contribution in [1.29, 1.82) is 0 Å². The van der Waals surface area contributed by atoms with Gasteiger partial charge in [0, 0.05) is 0 Å². The molecule has 2 atom stereocenters. The van der Waals surface area contributed by atoms with E-state index in [1.807, 2.05) is 0 Å². The van der Waals surface area contributed by atoms with Crippen molar-refractivity contribution in [2.45, 2.75) is 15.3 Å². The Morgan fingerprint density at radius 1 is 1.22 bits per heavy atom. The van der Waals surface area contributed by atoms with E-state index in [9.17, 15) is 13.2 Å². The Kier molecular flexibility index (Phi) is 3.83. The van der Waals surface area contributed by atoms with Crippen LogP contribution >= 0.6 is 43.5 Å². The van der Waals surface area contributed by atoms with Gasteiger partial charge in [0.2, 0.25) is 0 Å². The highest BCUT2D eigenvalue weighted by molar-refractivity contribution is 9.12. The lowest BCUT2D eigenvalue weighted by Crippen LogP contribution is -2.27. The average Bonchev–Trinajstić information content (AvgIpc) is 1.62.